The summed E-state index contributed by atoms with van der Waals surface area (Å²) in [6.07, 6.45) is 2.90. The van der Waals surface area contributed by atoms with E-state index in [9.17, 15) is 4.79 Å². The first-order valence-electron chi connectivity index (χ1n) is 14.0. The molecular formula is C33H42N2O3. The first kappa shape index (κ1) is 26.7. The highest BCUT2D eigenvalue weighted by Gasteiger charge is 2.53. The van der Waals surface area contributed by atoms with Crippen molar-refractivity contribution in [1.29, 1.82) is 0 Å². The minimum Gasteiger partial charge on any atom is -0.497 e. The topological polar surface area (TPSA) is 42.0 Å². The third-order valence-electron chi connectivity index (χ3n) is 8.92. The van der Waals surface area contributed by atoms with Crippen LogP contribution in [-0.4, -0.2) is 68.8 Å². The minimum absolute atomic E-state index is 0.0711. The molecule has 1 heterocycles. The summed E-state index contributed by atoms with van der Waals surface area (Å²) < 4.78 is 11.9. The van der Waals surface area contributed by atoms with Gasteiger partial charge < -0.3 is 19.3 Å². The van der Waals surface area contributed by atoms with Gasteiger partial charge in [-0.15, -0.1) is 0 Å². The zero-order valence-electron chi connectivity index (χ0n) is 23.5. The first-order valence-corrected chi connectivity index (χ1v) is 14.0. The zero-order valence-corrected chi connectivity index (χ0v) is 23.5. The summed E-state index contributed by atoms with van der Waals surface area (Å²) in [6, 6.07) is 23.1. The summed E-state index contributed by atoms with van der Waals surface area (Å²) in [7, 11) is 5.79. The number of ether oxygens (including phenoxy) is 2. The van der Waals surface area contributed by atoms with Gasteiger partial charge in [-0.25, -0.2) is 0 Å². The highest BCUT2D eigenvalue weighted by molar-refractivity contribution is 5.98. The second-order valence-corrected chi connectivity index (χ2v) is 11.8. The van der Waals surface area contributed by atoms with Crippen LogP contribution in [-0.2, 0) is 10.2 Å². The molecule has 38 heavy (non-hydrogen) atoms. The molecule has 2 aliphatic rings. The smallest absolute Gasteiger partial charge is 0.254 e. The van der Waals surface area contributed by atoms with Crippen molar-refractivity contribution in [2.45, 2.75) is 50.7 Å². The van der Waals surface area contributed by atoms with Crippen LogP contribution < -0.4 is 4.74 Å². The van der Waals surface area contributed by atoms with Crippen LogP contribution in [0.15, 0.2) is 66.7 Å². The Morgan fingerprint density at radius 1 is 1.05 bits per heavy atom. The highest BCUT2D eigenvalue weighted by Crippen LogP contribution is 2.51. The normalized spacial score (nSPS) is 25.8. The molecule has 5 heteroatoms. The van der Waals surface area contributed by atoms with Gasteiger partial charge in [0, 0.05) is 43.1 Å². The Bertz CT molecular complexity index is 1270. The molecule has 0 radical (unpaired) electrons. The molecule has 1 aliphatic heterocycles. The van der Waals surface area contributed by atoms with Crippen LogP contribution in [0.3, 0.4) is 0 Å². The van der Waals surface area contributed by atoms with Gasteiger partial charge in [-0.3, -0.25) is 4.79 Å². The van der Waals surface area contributed by atoms with E-state index in [4.69, 9.17) is 9.47 Å². The predicted molar refractivity (Wildman–Crippen MR) is 154 cm³/mol. The SMILES string of the molecule is COc1cccc([C@@]23CCN(C)C[C@H]2C(OC)C[C@@H](N(CC(C)C)C(=O)c2ccc4ccccc4c2)C3)c1. The maximum atomic E-state index is 14.2. The van der Waals surface area contributed by atoms with Crippen molar-refractivity contribution in [3.8, 4) is 5.75 Å². The van der Waals surface area contributed by atoms with E-state index in [2.05, 4.69) is 73.2 Å². The number of amides is 1. The quantitative estimate of drug-likeness (QED) is 0.387. The maximum Gasteiger partial charge on any atom is 0.254 e. The summed E-state index contributed by atoms with van der Waals surface area (Å²) >= 11 is 0. The van der Waals surface area contributed by atoms with Crippen LogP contribution in [0.2, 0.25) is 0 Å². The molecule has 0 N–H and O–H groups in total. The number of likely N-dealkylation sites (tertiary alicyclic amines) is 1. The molecule has 1 aliphatic carbocycles. The summed E-state index contributed by atoms with van der Waals surface area (Å²) in [6.45, 7) is 7.15. The number of benzene rings is 3. The number of hydrogen-bond donors (Lipinski definition) is 0. The average molecular weight is 515 g/mol. The van der Waals surface area contributed by atoms with E-state index in [1.807, 2.05) is 31.4 Å². The van der Waals surface area contributed by atoms with Crippen molar-refractivity contribution in [3.63, 3.8) is 0 Å². The number of rotatable bonds is 7. The standard InChI is InChI=1S/C33H42N2O3/c1-23(2)21-35(32(36)26-14-13-24-9-6-7-10-25(24)17-26)28-19-31(38-5)30-22-34(3)16-15-33(30,20-28)27-11-8-12-29(18-27)37-4/h6-14,17-18,23,28,30-31H,15-16,19-22H2,1-5H3/t28-,30+,31?,33+/m1/s1. The van der Waals surface area contributed by atoms with Gasteiger partial charge in [0.15, 0.2) is 0 Å². The van der Waals surface area contributed by atoms with Crippen LogP contribution >= 0.6 is 0 Å². The van der Waals surface area contributed by atoms with Gasteiger partial charge in [-0.2, -0.15) is 0 Å². The molecule has 1 saturated heterocycles. The maximum absolute atomic E-state index is 14.2. The Kier molecular flexibility index (Phi) is 7.78. The van der Waals surface area contributed by atoms with Gasteiger partial charge in [0.1, 0.15) is 5.75 Å². The van der Waals surface area contributed by atoms with Crippen LogP contribution in [0, 0.1) is 11.8 Å². The molecule has 1 amide bonds. The van der Waals surface area contributed by atoms with Crippen LogP contribution in [0.5, 0.6) is 5.75 Å². The number of carbonyl (C=O) groups excluding carboxylic acids is 1. The van der Waals surface area contributed by atoms with Gasteiger partial charge in [-0.1, -0.05) is 56.3 Å². The number of hydrogen-bond acceptors (Lipinski definition) is 4. The Labute approximate surface area is 227 Å². The number of fused-ring (bicyclic) bond motifs is 2. The fraction of sp³-hybridized carbons (Fsp3) is 0.485. The number of piperidine rings is 1. The van der Waals surface area contributed by atoms with Crippen molar-refractivity contribution in [3.05, 3.63) is 77.9 Å². The van der Waals surface area contributed by atoms with E-state index in [1.54, 1.807) is 7.11 Å². The van der Waals surface area contributed by atoms with Crippen LogP contribution in [0.4, 0.5) is 0 Å². The molecular weight excluding hydrogens is 472 g/mol. The lowest BCUT2D eigenvalue weighted by molar-refractivity contribution is -0.0783. The van der Waals surface area contributed by atoms with Crippen LogP contribution in [0.1, 0.15) is 49.0 Å². The van der Waals surface area contributed by atoms with E-state index < -0.39 is 0 Å². The number of methoxy groups -OCH3 is 2. The summed E-state index contributed by atoms with van der Waals surface area (Å²) in [5.41, 5.74) is 1.99. The van der Waals surface area contributed by atoms with E-state index in [0.29, 0.717) is 11.8 Å². The van der Waals surface area contributed by atoms with Crippen molar-refractivity contribution >= 4 is 16.7 Å². The average Bonchev–Trinajstić information content (AvgIpc) is 2.94. The molecule has 1 unspecified atom stereocenters. The fourth-order valence-electron chi connectivity index (χ4n) is 7.03. The van der Waals surface area contributed by atoms with Crippen molar-refractivity contribution < 1.29 is 14.3 Å². The molecule has 3 aromatic carbocycles. The van der Waals surface area contributed by atoms with Gasteiger partial charge in [0.25, 0.3) is 5.91 Å². The largest absolute Gasteiger partial charge is 0.497 e. The monoisotopic (exact) mass is 514 g/mol. The van der Waals surface area contributed by atoms with E-state index >= 15 is 0 Å². The summed E-state index contributed by atoms with van der Waals surface area (Å²) in [5, 5.41) is 2.26. The lowest BCUT2D eigenvalue weighted by Gasteiger charge is -2.56. The molecule has 0 aromatic heterocycles. The first-order chi connectivity index (χ1) is 18.3. The van der Waals surface area contributed by atoms with Gasteiger partial charge in [0.05, 0.1) is 13.2 Å². The Hall–Kier alpha value is -2.89. The van der Waals surface area contributed by atoms with E-state index in [-0.39, 0.29) is 23.5 Å². The van der Waals surface area contributed by atoms with Gasteiger partial charge in [0.2, 0.25) is 0 Å². The number of carbonyl (C=O) groups is 1. The van der Waals surface area contributed by atoms with Crippen LogP contribution in [0.25, 0.3) is 10.8 Å². The molecule has 3 aromatic rings. The third kappa shape index (κ3) is 5.06. The molecule has 0 bridgehead atoms. The zero-order chi connectivity index (χ0) is 26.9. The Balaban J connectivity index is 1.56. The summed E-state index contributed by atoms with van der Waals surface area (Å²) in [4.78, 5) is 18.8. The second kappa shape index (κ2) is 11.1. The Morgan fingerprint density at radius 2 is 1.84 bits per heavy atom. The Morgan fingerprint density at radius 3 is 2.58 bits per heavy atom. The van der Waals surface area contributed by atoms with Gasteiger partial charge in [-0.05, 0) is 79.4 Å². The third-order valence-corrected chi connectivity index (χ3v) is 8.92. The molecule has 202 valence electrons. The summed E-state index contributed by atoms with van der Waals surface area (Å²) in [5.74, 6) is 1.73. The number of nitrogens with zero attached hydrogens (tertiary/aromatic N) is 2. The molecule has 5 nitrogen and oxygen atoms in total. The van der Waals surface area contributed by atoms with E-state index in [0.717, 1.165) is 61.0 Å². The molecule has 0 spiro atoms. The lowest BCUT2D eigenvalue weighted by atomic mass is 9.56. The minimum atomic E-state index is -0.0798. The lowest BCUT2D eigenvalue weighted by Crippen LogP contribution is -2.61. The second-order valence-electron chi connectivity index (χ2n) is 11.8. The molecule has 2 fully saturated rings. The van der Waals surface area contributed by atoms with Crippen molar-refractivity contribution in [2.75, 3.05) is 40.9 Å². The van der Waals surface area contributed by atoms with Crippen molar-refractivity contribution in [2.24, 2.45) is 11.8 Å². The highest BCUT2D eigenvalue weighted by atomic mass is 16.5. The van der Waals surface area contributed by atoms with E-state index in [1.165, 1.54) is 5.56 Å². The molecule has 1 saturated carbocycles. The van der Waals surface area contributed by atoms with Crippen molar-refractivity contribution in [1.82, 2.24) is 9.80 Å². The fourth-order valence-corrected chi connectivity index (χ4v) is 7.03. The predicted octanol–water partition coefficient (Wildman–Crippen LogP) is 6.01. The van der Waals surface area contributed by atoms with Gasteiger partial charge >= 0.3 is 0 Å². The molecule has 5 rings (SSSR count). The molecule has 4 atom stereocenters.